The molecule has 228 valence electrons. The van der Waals surface area contributed by atoms with Crippen LogP contribution in [0.5, 0.6) is 5.75 Å². The van der Waals surface area contributed by atoms with Crippen molar-refractivity contribution in [3.05, 3.63) is 29.8 Å². The maximum atomic E-state index is 12.3. The van der Waals surface area contributed by atoms with E-state index in [0.717, 1.165) is 5.56 Å². The van der Waals surface area contributed by atoms with Crippen molar-refractivity contribution in [2.24, 2.45) is 22.9 Å². The van der Waals surface area contributed by atoms with Crippen LogP contribution in [-0.4, -0.2) is 86.1 Å². The molecular weight excluding hydrogens is 548 g/mol. The van der Waals surface area contributed by atoms with Gasteiger partial charge in [-0.05, 0) is 43.4 Å². The molecule has 0 saturated heterocycles. The van der Waals surface area contributed by atoms with Crippen molar-refractivity contribution in [2.45, 2.75) is 69.1 Å². The molecule has 0 fully saturated rings. The van der Waals surface area contributed by atoms with Crippen molar-refractivity contribution >= 4 is 41.5 Å². The molecule has 41 heavy (non-hydrogen) atoms. The highest BCUT2D eigenvalue weighted by atomic mass is 16.4. The van der Waals surface area contributed by atoms with Crippen LogP contribution in [-0.2, 0) is 40.0 Å². The Labute approximate surface area is 234 Å². The first-order valence-corrected chi connectivity index (χ1v) is 12.2. The average Bonchev–Trinajstić information content (AvgIpc) is 2.88. The molecule has 0 aromatic heterocycles. The van der Waals surface area contributed by atoms with Crippen LogP contribution in [0.2, 0.25) is 0 Å². The molecule has 0 aliphatic heterocycles. The third-order valence-electron chi connectivity index (χ3n) is 5.32. The first-order chi connectivity index (χ1) is 19.0. The molecule has 0 heterocycles. The summed E-state index contributed by atoms with van der Waals surface area (Å²) in [5, 5.41) is 39.6. The number of phenolic OH excluding ortho intramolecular Hbond substituents is 1. The second-order valence-electron chi connectivity index (χ2n) is 8.82. The number of hydrogen-bond acceptors (Lipinski definition) is 10. The van der Waals surface area contributed by atoms with Crippen LogP contribution in [0.1, 0.15) is 44.1 Å². The lowest BCUT2D eigenvalue weighted by atomic mass is 10.1. The number of phenols is 1. The van der Waals surface area contributed by atoms with Gasteiger partial charge in [0.05, 0.1) is 6.04 Å². The van der Waals surface area contributed by atoms with E-state index >= 15 is 0 Å². The second-order valence-corrected chi connectivity index (χ2v) is 8.82. The third-order valence-corrected chi connectivity index (χ3v) is 5.32. The highest BCUT2D eigenvalue weighted by Gasteiger charge is 2.28. The number of hydrogen-bond donors (Lipinski definition) is 10. The van der Waals surface area contributed by atoms with Crippen molar-refractivity contribution in [1.82, 2.24) is 10.6 Å². The van der Waals surface area contributed by atoms with E-state index < -0.39 is 72.1 Å². The molecule has 1 rings (SSSR count). The van der Waals surface area contributed by atoms with Gasteiger partial charge in [-0.2, -0.15) is 0 Å². The monoisotopic (exact) mass is 584 g/mol. The SMILES string of the molecule is NC(=O)CC[C@H](NC(=O)[C@@H](N)CCC(N)=O)C(=O)N[C@@H](CCC(=O)O)C(=O)O.N[C@@H](Cc1ccc(O)cc1)C(=O)O. The van der Waals surface area contributed by atoms with Crippen LogP contribution < -0.4 is 33.6 Å². The molecule has 17 nitrogen and oxygen atoms in total. The lowest BCUT2D eigenvalue weighted by molar-refractivity contribution is -0.143. The molecule has 0 saturated carbocycles. The molecule has 0 unspecified atom stereocenters. The number of primary amides is 2. The number of carbonyl (C=O) groups is 7. The van der Waals surface area contributed by atoms with Crippen molar-refractivity contribution in [1.29, 1.82) is 0 Å². The predicted molar refractivity (Wildman–Crippen MR) is 141 cm³/mol. The van der Waals surface area contributed by atoms with Crippen LogP contribution in [0.4, 0.5) is 0 Å². The Morgan fingerprint density at radius 3 is 1.61 bits per heavy atom. The summed E-state index contributed by atoms with van der Waals surface area (Å²) in [5.74, 6) is -6.77. The number of carboxylic acid groups (broad SMARTS) is 3. The Bertz CT molecular complexity index is 1080. The van der Waals surface area contributed by atoms with Gasteiger partial charge in [0.25, 0.3) is 0 Å². The lowest BCUT2D eigenvalue weighted by Crippen LogP contribution is -2.54. The smallest absolute Gasteiger partial charge is 0.326 e. The normalized spacial score (nSPS) is 13.2. The number of carbonyl (C=O) groups excluding carboxylic acids is 4. The highest BCUT2D eigenvalue weighted by molar-refractivity contribution is 5.92. The van der Waals surface area contributed by atoms with E-state index in [2.05, 4.69) is 10.6 Å². The summed E-state index contributed by atoms with van der Waals surface area (Å²) in [6.45, 7) is 0. The van der Waals surface area contributed by atoms with Gasteiger partial charge in [0.2, 0.25) is 23.6 Å². The van der Waals surface area contributed by atoms with Gasteiger partial charge in [-0.3, -0.25) is 28.8 Å². The van der Waals surface area contributed by atoms with Gasteiger partial charge in [0, 0.05) is 19.3 Å². The molecule has 1 aromatic carbocycles. The summed E-state index contributed by atoms with van der Waals surface area (Å²) in [6.07, 6.45) is -1.39. The van der Waals surface area contributed by atoms with Gasteiger partial charge in [-0.25, -0.2) is 4.79 Å². The minimum Gasteiger partial charge on any atom is -0.508 e. The Balaban J connectivity index is 0.00000102. The average molecular weight is 585 g/mol. The molecule has 17 heteroatoms. The fraction of sp³-hybridized carbons (Fsp3) is 0.458. The molecule has 0 radical (unpaired) electrons. The summed E-state index contributed by atoms with van der Waals surface area (Å²) in [6, 6.07) is 1.40. The largest absolute Gasteiger partial charge is 0.508 e. The summed E-state index contributed by atoms with van der Waals surface area (Å²) >= 11 is 0. The molecular formula is C24H36N6O11. The van der Waals surface area contributed by atoms with Gasteiger partial charge in [-0.1, -0.05) is 12.1 Å². The van der Waals surface area contributed by atoms with Crippen LogP contribution in [0.3, 0.4) is 0 Å². The molecule has 1 aromatic rings. The molecule has 0 aliphatic rings. The standard InChI is InChI=1S/C15H25N5O8.C9H11NO3/c16-7(1-4-10(17)21)13(25)19-8(2-5-11(18)22)14(26)20-9(15(27)28)3-6-12(23)24;10-8(9(12)13)5-6-1-3-7(11)4-2-6/h7-9H,1-6,16H2,(H2,17,21)(H2,18,22)(H,19,25)(H,20,26)(H,23,24)(H,27,28);1-4,8,11H,5,10H2,(H,12,13)/t7-,8-,9-;8-/m00/s1. The quantitative estimate of drug-likeness (QED) is 0.0879. The summed E-state index contributed by atoms with van der Waals surface area (Å²) in [5.41, 5.74) is 21.7. The number of aromatic hydroxyl groups is 1. The van der Waals surface area contributed by atoms with E-state index in [4.69, 9.17) is 43.4 Å². The maximum absolute atomic E-state index is 12.3. The number of carboxylic acids is 3. The van der Waals surface area contributed by atoms with Gasteiger partial charge < -0.3 is 54.0 Å². The summed E-state index contributed by atoms with van der Waals surface area (Å²) in [7, 11) is 0. The third kappa shape index (κ3) is 16.7. The molecule has 14 N–H and O–H groups in total. The maximum Gasteiger partial charge on any atom is 0.326 e. The van der Waals surface area contributed by atoms with Crippen LogP contribution in [0.25, 0.3) is 0 Å². The van der Waals surface area contributed by atoms with Crippen LogP contribution >= 0.6 is 0 Å². The molecule has 0 bridgehead atoms. The van der Waals surface area contributed by atoms with Crippen molar-refractivity contribution in [3.8, 4) is 5.75 Å². The fourth-order valence-electron chi connectivity index (χ4n) is 3.03. The minimum absolute atomic E-state index is 0.0817. The van der Waals surface area contributed by atoms with Crippen LogP contribution in [0.15, 0.2) is 24.3 Å². The zero-order valence-corrected chi connectivity index (χ0v) is 22.0. The van der Waals surface area contributed by atoms with Gasteiger partial charge >= 0.3 is 17.9 Å². The van der Waals surface area contributed by atoms with Gasteiger partial charge in [0.1, 0.15) is 23.9 Å². The lowest BCUT2D eigenvalue weighted by Gasteiger charge is -2.22. The zero-order chi connectivity index (χ0) is 31.7. The number of amides is 4. The molecule has 0 aliphatic carbocycles. The molecule has 4 atom stereocenters. The molecule has 0 spiro atoms. The Hall–Kier alpha value is -4.77. The summed E-state index contributed by atoms with van der Waals surface area (Å²) < 4.78 is 0. The zero-order valence-electron chi connectivity index (χ0n) is 22.0. The van der Waals surface area contributed by atoms with E-state index in [1.807, 2.05) is 0 Å². The predicted octanol–water partition coefficient (Wildman–Crippen LogP) is -2.89. The topological polar surface area (TPSA) is 329 Å². The van der Waals surface area contributed by atoms with Gasteiger partial charge in [0.15, 0.2) is 0 Å². The summed E-state index contributed by atoms with van der Waals surface area (Å²) in [4.78, 5) is 78.3. The van der Waals surface area contributed by atoms with Crippen molar-refractivity contribution in [2.75, 3.05) is 0 Å². The molecule has 4 amide bonds. The first kappa shape index (κ1) is 36.2. The van der Waals surface area contributed by atoms with Crippen molar-refractivity contribution in [3.63, 3.8) is 0 Å². The Morgan fingerprint density at radius 1 is 0.659 bits per heavy atom. The minimum atomic E-state index is -1.51. The number of benzene rings is 1. The first-order valence-electron chi connectivity index (χ1n) is 12.2. The Morgan fingerprint density at radius 2 is 1.15 bits per heavy atom. The van der Waals surface area contributed by atoms with Crippen LogP contribution in [0, 0.1) is 0 Å². The number of nitrogens with two attached hydrogens (primary N) is 4. The van der Waals surface area contributed by atoms with E-state index in [-0.39, 0.29) is 44.3 Å². The van der Waals surface area contributed by atoms with E-state index in [1.165, 1.54) is 12.1 Å². The van der Waals surface area contributed by atoms with Gasteiger partial charge in [-0.15, -0.1) is 0 Å². The van der Waals surface area contributed by atoms with Crippen molar-refractivity contribution < 1.29 is 54.0 Å². The second kappa shape index (κ2) is 18.5. The number of rotatable bonds is 17. The highest BCUT2D eigenvalue weighted by Crippen LogP contribution is 2.10. The number of nitrogens with one attached hydrogen (secondary N) is 2. The fourth-order valence-corrected chi connectivity index (χ4v) is 3.03. The van der Waals surface area contributed by atoms with E-state index in [9.17, 15) is 33.6 Å². The Kier molecular flexibility index (Phi) is 16.4. The van der Waals surface area contributed by atoms with E-state index in [1.54, 1.807) is 12.1 Å². The van der Waals surface area contributed by atoms with E-state index in [0.29, 0.717) is 0 Å². The number of aliphatic carboxylic acids is 3.